The van der Waals surface area contributed by atoms with E-state index in [1.54, 1.807) is 6.92 Å². The number of ether oxygens (including phenoxy) is 1. The second-order valence-corrected chi connectivity index (χ2v) is 2.21. The molecule has 0 radical (unpaired) electrons. The van der Waals surface area contributed by atoms with Gasteiger partial charge in [0.25, 0.3) is 0 Å². The molecule has 0 aliphatic heterocycles. The molecule has 0 aliphatic carbocycles. The molecule has 0 aliphatic rings. The minimum Gasteiger partial charge on any atom is -0.475 e. The maximum atomic E-state index is 9.97. The highest BCUT2D eigenvalue weighted by molar-refractivity contribution is 5.84. The second-order valence-electron chi connectivity index (χ2n) is 2.21. The van der Waals surface area contributed by atoms with Crippen LogP contribution < -0.4 is 0 Å². The molecule has 0 saturated heterocycles. The molecule has 1 N–H and O–H groups in total. The van der Waals surface area contributed by atoms with Crippen molar-refractivity contribution in [2.75, 3.05) is 6.61 Å². The normalized spacial score (nSPS) is 8.43. The number of hydrogen-bond acceptors (Lipinski definition) is 4. The third kappa shape index (κ3) is 5.82. The molecule has 78 valence electrons. The molecule has 1 heterocycles. The van der Waals surface area contributed by atoms with Gasteiger partial charge in [-0.15, -0.1) is 0 Å². The summed E-state index contributed by atoms with van der Waals surface area (Å²) >= 11 is 0. The van der Waals surface area contributed by atoms with Crippen LogP contribution in [0.2, 0.25) is 0 Å². The van der Waals surface area contributed by atoms with Crippen molar-refractivity contribution in [3.63, 3.8) is 0 Å². The molecule has 0 saturated carbocycles. The zero-order chi connectivity index (χ0) is 11.0. The van der Waals surface area contributed by atoms with E-state index in [0.717, 1.165) is 0 Å². The Bertz CT molecular complexity index is 275. The maximum Gasteiger partial charge on any atom is 0.371 e. The average Bonchev–Trinajstić information content (AvgIpc) is 2.56. The molecule has 1 aromatic rings. The summed E-state index contributed by atoms with van der Waals surface area (Å²) in [5.41, 5.74) is 0. The zero-order valence-corrected chi connectivity index (χ0v) is 8.02. The van der Waals surface area contributed by atoms with E-state index < -0.39 is 5.97 Å². The molecule has 5 heteroatoms. The molecule has 1 aromatic heterocycles. The van der Waals surface area contributed by atoms with Crippen molar-refractivity contribution < 1.29 is 23.8 Å². The van der Waals surface area contributed by atoms with Gasteiger partial charge in [-0.25, -0.2) is 4.79 Å². The van der Waals surface area contributed by atoms with Crippen LogP contribution in [0.5, 0.6) is 0 Å². The van der Waals surface area contributed by atoms with Gasteiger partial charge >= 0.3 is 11.9 Å². The first kappa shape index (κ1) is 12.2. The summed E-state index contributed by atoms with van der Waals surface area (Å²) in [7, 11) is 0. The number of hydrogen-bond donors (Lipinski definition) is 1. The smallest absolute Gasteiger partial charge is 0.371 e. The van der Waals surface area contributed by atoms with E-state index in [4.69, 9.17) is 5.11 Å². The van der Waals surface area contributed by atoms with Crippen LogP contribution in [0.25, 0.3) is 0 Å². The summed E-state index contributed by atoms with van der Waals surface area (Å²) in [6.45, 7) is 3.65. The number of aromatic carboxylic acids is 1. The lowest BCUT2D eigenvalue weighted by molar-refractivity contribution is -0.140. The highest BCUT2D eigenvalue weighted by Gasteiger charge is 2.01. The number of rotatable bonds is 2. The van der Waals surface area contributed by atoms with Crippen molar-refractivity contribution >= 4 is 11.9 Å². The van der Waals surface area contributed by atoms with Crippen LogP contribution >= 0.6 is 0 Å². The van der Waals surface area contributed by atoms with E-state index in [-0.39, 0.29) is 11.7 Å². The molecule has 0 amide bonds. The van der Waals surface area contributed by atoms with Crippen molar-refractivity contribution in [3.8, 4) is 0 Å². The largest absolute Gasteiger partial charge is 0.475 e. The fraction of sp³-hybridized carbons (Fsp3) is 0.333. The Balaban J connectivity index is 0.000000255. The first-order chi connectivity index (χ1) is 6.57. The SMILES string of the molecule is CCOC(C)=O.O=C(O)c1ccco1. The lowest BCUT2D eigenvalue weighted by atomic mass is 10.5. The fourth-order valence-electron chi connectivity index (χ4n) is 0.604. The minimum absolute atomic E-state index is 0.0231. The van der Waals surface area contributed by atoms with Crippen LogP contribution in [0, 0.1) is 0 Å². The minimum atomic E-state index is -1.03. The van der Waals surface area contributed by atoms with Gasteiger partial charge in [0.15, 0.2) is 0 Å². The first-order valence-corrected chi connectivity index (χ1v) is 3.98. The van der Waals surface area contributed by atoms with Gasteiger partial charge in [0.05, 0.1) is 12.9 Å². The van der Waals surface area contributed by atoms with Crippen molar-refractivity contribution in [2.24, 2.45) is 0 Å². The van der Waals surface area contributed by atoms with E-state index in [1.807, 2.05) is 0 Å². The number of esters is 1. The fourth-order valence-corrected chi connectivity index (χ4v) is 0.604. The van der Waals surface area contributed by atoms with Crippen LogP contribution in [0.3, 0.4) is 0 Å². The van der Waals surface area contributed by atoms with E-state index in [1.165, 1.54) is 25.3 Å². The van der Waals surface area contributed by atoms with Gasteiger partial charge in [0.1, 0.15) is 0 Å². The Morgan fingerprint density at radius 1 is 1.57 bits per heavy atom. The van der Waals surface area contributed by atoms with Gasteiger partial charge in [0, 0.05) is 6.92 Å². The average molecular weight is 200 g/mol. The van der Waals surface area contributed by atoms with Gasteiger partial charge in [-0.2, -0.15) is 0 Å². The number of carbonyl (C=O) groups is 2. The first-order valence-electron chi connectivity index (χ1n) is 3.98. The van der Waals surface area contributed by atoms with Crippen molar-refractivity contribution in [3.05, 3.63) is 24.2 Å². The van der Waals surface area contributed by atoms with Crippen molar-refractivity contribution in [1.82, 2.24) is 0 Å². The number of carbonyl (C=O) groups excluding carboxylic acids is 1. The molecule has 1 rings (SSSR count). The summed E-state index contributed by atoms with van der Waals surface area (Å²) < 4.78 is 8.90. The van der Waals surface area contributed by atoms with Crippen LogP contribution in [0.1, 0.15) is 24.4 Å². The van der Waals surface area contributed by atoms with Gasteiger partial charge in [-0.3, -0.25) is 4.79 Å². The summed E-state index contributed by atoms with van der Waals surface area (Å²) in [5, 5.41) is 8.18. The Hall–Kier alpha value is -1.78. The third-order valence-corrected chi connectivity index (χ3v) is 1.08. The third-order valence-electron chi connectivity index (χ3n) is 1.08. The topological polar surface area (TPSA) is 76.7 Å². The van der Waals surface area contributed by atoms with E-state index >= 15 is 0 Å². The zero-order valence-electron chi connectivity index (χ0n) is 8.02. The number of carboxylic acid groups (broad SMARTS) is 1. The monoisotopic (exact) mass is 200 g/mol. The second kappa shape index (κ2) is 6.71. The number of carboxylic acids is 1. The highest BCUT2D eigenvalue weighted by Crippen LogP contribution is 1.97. The Labute approximate surface area is 81.3 Å². The predicted molar refractivity (Wildman–Crippen MR) is 48.0 cm³/mol. The quantitative estimate of drug-likeness (QED) is 0.733. The molecule has 0 fully saturated rings. The predicted octanol–water partition coefficient (Wildman–Crippen LogP) is 1.55. The number of furan rings is 1. The lowest BCUT2D eigenvalue weighted by Gasteiger charge is -1.89. The molecular weight excluding hydrogens is 188 g/mol. The summed E-state index contributed by atoms with van der Waals surface area (Å²) in [5.74, 6) is -1.27. The summed E-state index contributed by atoms with van der Waals surface area (Å²) in [6, 6.07) is 2.92. The van der Waals surface area contributed by atoms with E-state index in [2.05, 4.69) is 9.15 Å². The van der Waals surface area contributed by atoms with E-state index in [0.29, 0.717) is 6.61 Å². The van der Waals surface area contributed by atoms with Crippen molar-refractivity contribution in [2.45, 2.75) is 13.8 Å². The van der Waals surface area contributed by atoms with Gasteiger partial charge in [-0.05, 0) is 19.1 Å². The summed E-state index contributed by atoms with van der Waals surface area (Å²) in [6.07, 6.45) is 1.32. The van der Waals surface area contributed by atoms with Gasteiger partial charge < -0.3 is 14.3 Å². The Morgan fingerprint density at radius 3 is 2.36 bits per heavy atom. The van der Waals surface area contributed by atoms with Gasteiger partial charge in [0.2, 0.25) is 5.76 Å². The maximum absolute atomic E-state index is 9.97. The summed E-state index contributed by atoms with van der Waals surface area (Å²) in [4.78, 5) is 19.8. The molecule has 0 aromatic carbocycles. The Morgan fingerprint density at radius 2 is 2.21 bits per heavy atom. The van der Waals surface area contributed by atoms with Crippen LogP contribution in [0.15, 0.2) is 22.8 Å². The molecule has 0 atom stereocenters. The molecule has 14 heavy (non-hydrogen) atoms. The lowest BCUT2D eigenvalue weighted by Crippen LogP contribution is -1.95. The van der Waals surface area contributed by atoms with Crippen LogP contribution in [-0.4, -0.2) is 23.7 Å². The highest BCUT2D eigenvalue weighted by atomic mass is 16.5. The van der Waals surface area contributed by atoms with Crippen molar-refractivity contribution in [1.29, 1.82) is 0 Å². The Kier molecular flexibility index (Phi) is 5.85. The van der Waals surface area contributed by atoms with E-state index in [9.17, 15) is 9.59 Å². The molecular formula is C9H12O5. The molecule has 0 bridgehead atoms. The van der Waals surface area contributed by atoms with Crippen LogP contribution in [0.4, 0.5) is 0 Å². The van der Waals surface area contributed by atoms with Gasteiger partial charge in [-0.1, -0.05) is 0 Å². The molecule has 0 spiro atoms. The van der Waals surface area contributed by atoms with Crippen LogP contribution in [-0.2, 0) is 9.53 Å². The molecule has 0 unspecified atom stereocenters. The standard InChI is InChI=1S/C5H4O3.C4H8O2/c6-5(7)4-2-1-3-8-4;1-3-6-4(2)5/h1-3H,(H,6,7);3H2,1-2H3. The molecule has 5 nitrogen and oxygen atoms in total.